The molecule has 94 valence electrons. The van der Waals surface area contributed by atoms with Crippen molar-refractivity contribution in [2.45, 2.75) is 45.3 Å². The zero-order valence-corrected chi connectivity index (χ0v) is 10.9. The average molecular weight is 233 g/mol. The van der Waals surface area contributed by atoms with Crippen LogP contribution in [-0.2, 0) is 11.2 Å². The molecule has 0 radical (unpaired) electrons. The number of nitrogens with one attached hydrogen (secondary N) is 1. The Kier molecular flexibility index (Phi) is 4.57. The van der Waals surface area contributed by atoms with Gasteiger partial charge in [0.25, 0.3) is 0 Å². The normalized spacial score (nSPS) is 21.6. The lowest BCUT2D eigenvalue weighted by atomic mass is 9.96. The third kappa shape index (κ3) is 3.30. The van der Waals surface area contributed by atoms with Crippen LogP contribution in [0.15, 0.2) is 24.3 Å². The van der Waals surface area contributed by atoms with Crippen LogP contribution in [0.4, 0.5) is 0 Å². The van der Waals surface area contributed by atoms with Crippen molar-refractivity contribution >= 4 is 0 Å². The maximum Gasteiger partial charge on any atom is 0.0732 e. The lowest BCUT2D eigenvalue weighted by molar-refractivity contribution is 0.0789. The molecule has 1 fully saturated rings. The highest BCUT2D eigenvalue weighted by Gasteiger charge is 2.25. The van der Waals surface area contributed by atoms with Crippen molar-refractivity contribution in [1.29, 1.82) is 0 Å². The third-order valence-electron chi connectivity index (χ3n) is 3.58. The summed E-state index contributed by atoms with van der Waals surface area (Å²) < 4.78 is 5.82. The largest absolute Gasteiger partial charge is 0.377 e. The minimum absolute atomic E-state index is 0.398. The molecule has 1 aliphatic heterocycles. The van der Waals surface area contributed by atoms with E-state index in [0.717, 1.165) is 19.6 Å². The molecule has 0 amide bonds. The molecular weight excluding hydrogens is 210 g/mol. The minimum atomic E-state index is 0.398. The smallest absolute Gasteiger partial charge is 0.0732 e. The molecule has 2 atom stereocenters. The summed E-state index contributed by atoms with van der Waals surface area (Å²) >= 11 is 0. The fraction of sp³-hybridized carbons (Fsp3) is 0.600. The first kappa shape index (κ1) is 12.6. The quantitative estimate of drug-likeness (QED) is 0.844. The van der Waals surface area contributed by atoms with E-state index in [4.69, 9.17) is 4.74 Å². The molecule has 1 aromatic rings. The van der Waals surface area contributed by atoms with Crippen LogP contribution in [0.5, 0.6) is 0 Å². The Morgan fingerprint density at radius 3 is 2.88 bits per heavy atom. The highest BCUT2D eigenvalue weighted by atomic mass is 16.5. The Labute approximate surface area is 104 Å². The van der Waals surface area contributed by atoms with Crippen molar-refractivity contribution in [3.8, 4) is 0 Å². The molecule has 1 aromatic carbocycles. The lowest BCUT2D eigenvalue weighted by Crippen LogP contribution is -2.41. The van der Waals surface area contributed by atoms with Crippen LogP contribution in [0.25, 0.3) is 0 Å². The highest BCUT2D eigenvalue weighted by Crippen LogP contribution is 2.20. The van der Waals surface area contributed by atoms with Crippen molar-refractivity contribution < 1.29 is 4.74 Å². The summed E-state index contributed by atoms with van der Waals surface area (Å²) in [7, 11) is 0. The zero-order valence-electron chi connectivity index (χ0n) is 10.9. The van der Waals surface area contributed by atoms with E-state index in [9.17, 15) is 0 Å². The number of hydrogen-bond acceptors (Lipinski definition) is 2. The van der Waals surface area contributed by atoms with Crippen LogP contribution >= 0.6 is 0 Å². The number of aryl methyl sites for hydroxylation is 1. The molecule has 2 rings (SSSR count). The lowest BCUT2D eigenvalue weighted by Gasteiger charge is -2.24. The number of benzene rings is 1. The number of hydrogen-bond donors (Lipinski definition) is 1. The van der Waals surface area contributed by atoms with E-state index in [1.165, 1.54) is 24.0 Å². The summed E-state index contributed by atoms with van der Waals surface area (Å²) in [6, 6.07) is 9.11. The summed E-state index contributed by atoms with van der Waals surface area (Å²) in [6.45, 7) is 6.30. The van der Waals surface area contributed by atoms with Crippen LogP contribution in [0.1, 0.15) is 30.9 Å². The van der Waals surface area contributed by atoms with Gasteiger partial charge in [-0.2, -0.15) is 0 Å². The number of rotatable bonds is 5. The Morgan fingerprint density at radius 2 is 2.24 bits per heavy atom. The van der Waals surface area contributed by atoms with E-state index >= 15 is 0 Å². The standard InChI is InChI=1S/C15H23NO/c1-3-16-14(15-9-6-10-17-15)11-13-8-5-4-7-12(13)2/h4-5,7-8,14-16H,3,6,9-11H2,1-2H3. The van der Waals surface area contributed by atoms with E-state index in [1.54, 1.807) is 0 Å². The van der Waals surface area contributed by atoms with Gasteiger partial charge in [0, 0.05) is 12.6 Å². The molecule has 2 heteroatoms. The van der Waals surface area contributed by atoms with E-state index in [1.807, 2.05) is 0 Å². The fourth-order valence-corrected chi connectivity index (χ4v) is 2.59. The first-order valence-electron chi connectivity index (χ1n) is 6.70. The maximum absolute atomic E-state index is 5.82. The van der Waals surface area contributed by atoms with E-state index < -0.39 is 0 Å². The molecule has 0 aromatic heterocycles. The van der Waals surface area contributed by atoms with Gasteiger partial charge in [-0.1, -0.05) is 31.2 Å². The first-order valence-corrected chi connectivity index (χ1v) is 6.70. The molecule has 1 saturated heterocycles. The predicted octanol–water partition coefficient (Wildman–Crippen LogP) is 2.69. The molecule has 0 spiro atoms. The van der Waals surface area contributed by atoms with Gasteiger partial charge >= 0.3 is 0 Å². The molecular formula is C15H23NO. The molecule has 0 saturated carbocycles. The van der Waals surface area contributed by atoms with Crippen molar-refractivity contribution in [2.75, 3.05) is 13.2 Å². The van der Waals surface area contributed by atoms with Crippen LogP contribution in [-0.4, -0.2) is 25.3 Å². The van der Waals surface area contributed by atoms with Gasteiger partial charge in [-0.25, -0.2) is 0 Å². The Bertz CT molecular complexity index is 345. The number of ether oxygens (including phenoxy) is 1. The van der Waals surface area contributed by atoms with Crippen molar-refractivity contribution in [3.05, 3.63) is 35.4 Å². The van der Waals surface area contributed by atoms with Crippen LogP contribution in [0.3, 0.4) is 0 Å². The van der Waals surface area contributed by atoms with Gasteiger partial charge < -0.3 is 10.1 Å². The van der Waals surface area contributed by atoms with E-state index in [2.05, 4.69) is 43.4 Å². The van der Waals surface area contributed by atoms with Gasteiger partial charge in [0.05, 0.1) is 6.10 Å². The van der Waals surface area contributed by atoms with Gasteiger partial charge in [0.15, 0.2) is 0 Å². The molecule has 2 unspecified atom stereocenters. The summed E-state index contributed by atoms with van der Waals surface area (Å²) in [5.74, 6) is 0. The van der Waals surface area contributed by atoms with Crippen molar-refractivity contribution in [1.82, 2.24) is 5.32 Å². The third-order valence-corrected chi connectivity index (χ3v) is 3.58. The monoisotopic (exact) mass is 233 g/mol. The van der Waals surface area contributed by atoms with Gasteiger partial charge in [-0.05, 0) is 43.9 Å². The molecule has 1 heterocycles. The topological polar surface area (TPSA) is 21.3 Å². The second kappa shape index (κ2) is 6.18. The van der Waals surface area contributed by atoms with Gasteiger partial charge in [-0.3, -0.25) is 0 Å². The highest BCUT2D eigenvalue weighted by molar-refractivity contribution is 5.26. The molecule has 1 N–H and O–H groups in total. The van der Waals surface area contributed by atoms with Crippen molar-refractivity contribution in [3.63, 3.8) is 0 Å². The van der Waals surface area contributed by atoms with Gasteiger partial charge in [-0.15, -0.1) is 0 Å². The van der Waals surface area contributed by atoms with E-state index in [-0.39, 0.29) is 0 Å². The second-order valence-corrected chi connectivity index (χ2v) is 4.85. The second-order valence-electron chi connectivity index (χ2n) is 4.85. The average Bonchev–Trinajstić information content (AvgIpc) is 2.85. The molecule has 2 nitrogen and oxygen atoms in total. The Balaban J connectivity index is 2.04. The Hall–Kier alpha value is -0.860. The molecule has 0 aliphatic carbocycles. The zero-order chi connectivity index (χ0) is 12.1. The SMILES string of the molecule is CCNC(Cc1ccccc1C)C1CCCO1. The van der Waals surface area contributed by atoms with Crippen LogP contribution in [0.2, 0.25) is 0 Å². The molecule has 17 heavy (non-hydrogen) atoms. The van der Waals surface area contributed by atoms with Gasteiger partial charge in [0.1, 0.15) is 0 Å². The first-order chi connectivity index (χ1) is 8.31. The van der Waals surface area contributed by atoms with Crippen molar-refractivity contribution in [2.24, 2.45) is 0 Å². The molecule has 0 bridgehead atoms. The summed E-state index contributed by atoms with van der Waals surface area (Å²) in [5.41, 5.74) is 2.82. The summed E-state index contributed by atoms with van der Waals surface area (Å²) in [4.78, 5) is 0. The van der Waals surface area contributed by atoms with Crippen LogP contribution in [0, 0.1) is 6.92 Å². The van der Waals surface area contributed by atoms with Gasteiger partial charge in [0.2, 0.25) is 0 Å². The predicted molar refractivity (Wildman–Crippen MR) is 71.3 cm³/mol. The fourth-order valence-electron chi connectivity index (χ4n) is 2.59. The summed E-state index contributed by atoms with van der Waals surface area (Å²) in [6.07, 6.45) is 3.88. The minimum Gasteiger partial charge on any atom is -0.377 e. The summed E-state index contributed by atoms with van der Waals surface area (Å²) in [5, 5.41) is 3.58. The number of likely N-dealkylation sites (N-methyl/N-ethyl adjacent to an activating group) is 1. The Morgan fingerprint density at radius 1 is 1.41 bits per heavy atom. The molecule has 1 aliphatic rings. The van der Waals surface area contributed by atoms with Crippen LogP contribution < -0.4 is 5.32 Å². The van der Waals surface area contributed by atoms with E-state index in [0.29, 0.717) is 12.1 Å². The maximum atomic E-state index is 5.82.